The number of hydrogen-bond acceptors (Lipinski definition) is 11. The van der Waals surface area contributed by atoms with Gasteiger partial charge >= 0.3 is 31.0 Å². The predicted molar refractivity (Wildman–Crippen MR) is 390 cm³/mol. The van der Waals surface area contributed by atoms with Crippen molar-refractivity contribution in [2.24, 2.45) is 0 Å². The number of nitrogens with zero attached hydrogens (tertiary/aromatic N) is 7. The monoisotopic (exact) mass is 1400 g/mol. The van der Waals surface area contributed by atoms with Gasteiger partial charge in [-0.25, -0.2) is 9.59 Å². The smallest absolute Gasteiger partial charge is 0.445 e. The summed E-state index contributed by atoms with van der Waals surface area (Å²) in [5.74, 6) is 0.105. The number of likely N-dealkylation sites (tertiary alicyclic amines) is 2. The third kappa shape index (κ3) is 18.7. The third-order valence-corrected chi connectivity index (χ3v) is 18.3. The summed E-state index contributed by atoms with van der Waals surface area (Å²) >= 11 is 3.56. The Bertz CT molecular complexity index is 3980. The van der Waals surface area contributed by atoms with Gasteiger partial charge in [0.2, 0.25) is 0 Å². The average Bonchev–Trinajstić information content (AvgIpc) is 1.30. The topological polar surface area (TPSA) is 193 Å². The summed E-state index contributed by atoms with van der Waals surface area (Å²) in [6, 6.07) is 81.6. The molecule has 3 aromatic heterocycles. The van der Waals surface area contributed by atoms with E-state index in [1.165, 1.54) is 28.0 Å². The van der Waals surface area contributed by atoms with Crippen LogP contribution in [0.5, 0.6) is 0 Å². The van der Waals surface area contributed by atoms with Crippen LogP contribution >= 0.6 is 15.9 Å². The Balaban J connectivity index is 0.000000167. The van der Waals surface area contributed by atoms with E-state index in [1.807, 2.05) is 161 Å². The van der Waals surface area contributed by atoms with Gasteiger partial charge in [-0.15, -0.1) is 0 Å². The summed E-state index contributed by atoms with van der Waals surface area (Å²) in [4.78, 5) is 38.9. The summed E-state index contributed by atoms with van der Waals surface area (Å²) in [7, 11) is 0. The average molecular weight is 1400 g/mol. The Morgan fingerprint density at radius 3 is 1.32 bits per heavy atom. The molecule has 2 unspecified atom stereocenters. The Morgan fingerprint density at radius 2 is 0.940 bits per heavy atom. The summed E-state index contributed by atoms with van der Waals surface area (Å²) < 4.78 is 15.7. The minimum atomic E-state index is -1.25. The van der Waals surface area contributed by atoms with Crippen molar-refractivity contribution in [3.05, 3.63) is 347 Å². The number of unbranched alkanes of at least 4 members (excludes halogenated alkanes) is 1. The summed E-state index contributed by atoms with van der Waals surface area (Å²) in [5, 5.41) is 41.4. The number of piperidine rings is 3. The van der Waals surface area contributed by atoms with Crippen LogP contribution in [-0.4, -0.2) is 107 Å². The number of Topliss-reactive ketones (excluding diaryl/α,β-unsaturated/α-hetero) is 1. The normalized spacial score (nSPS) is 16.6. The second-order valence-corrected chi connectivity index (χ2v) is 25.7. The number of ether oxygens (including phenoxy) is 2. The van der Waals surface area contributed by atoms with E-state index < -0.39 is 34.5 Å². The Hall–Kier alpha value is -9.44. The number of aliphatic hydroxyl groups is 2. The van der Waals surface area contributed by atoms with E-state index >= 15 is 0 Å². The molecule has 18 heteroatoms. The van der Waals surface area contributed by atoms with Crippen LogP contribution in [0.25, 0.3) is 0 Å². The van der Waals surface area contributed by atoms with Crippen LogP contribution in [-0.2, 0) is 49.8 Å². The molecule has 0 spiro atoms. The quantitative estimate of drug-likeness (QED) is 0.0434. The molecule has 0 saturated carbocycles. The van der Waals surface area contributed by atoms with Gasteiger partial charge in [0.05, 0.1) is 36.2 Å². The molecule has 8 aromatic carbocycles. The number of carbonyl (C=O) groups is 3. The molecule has 11 aromatic rings. The van der Waals surface area contributed by atoms with Gasteiger partial charge in [0.1, 0.15) is 35.5 Å². The number of halogens is 1. The zero-order valence-corrected chi connectivity index (χ0v) is 58.6. The maximum absolute atomic E-state index is 13.0. The Labute approximate surface area is 607 Å². The van der Waals surface area contributed by atoms with E-state index in [4.69, 9.17) is 14.6 Å². The number of rotatable bonds is 15. The largest absolute Gasteiger partial charge is 1.00 e. The zero-order valence-electron chi connectivity index (χ0n) is 57.0. The van der Waals surface area contributed by atoms with Gasteiger partial charge in [0.25, 0.3) is 0 Å². The van der Waals surface area contributed by atoms with Gasteiger partial charge in [-0.2, -0.15) is 21.7 Å². The van der Waals surface area contributed by atoms with E-state index in [0.717, 1.165) is 70.1 Å². The molecular weight excluding hydrogens is 1310 g/mol. The van der Waals surface area contributed by atoms with E-state index in [9.17, 15) is 24.6 Å². The van der Waals surface area contributed by atoms with Crippen molar-refractivity contribution in [2.45, 2.75) is 93.8 Å². The Kier molecular flexibility index (Phi) is 27.8. The minimum Gasteiger partial charge on any atom is -0.445 e. The number of H-pyrrole nitrogens is 1. The van der Waals surface area contributed by atoms with Gasteiger partial charge in [-0.1, -0.05) is 256 Å². The maximum Gasteiger partial charge on any atom is 1.00 e. The number of ketones is 1. The molecule has 510 valence electrons. The molecule has 2 amide bonds. The molecule has 0 aliphatic carbocycles. The number of hydrogen-bond donors (Lipinski definition) is 4. The molecule has 3 aliphatic heterocycles. The Morgan fingerprint density at radius 1 is 0.540 bits per heavy atom. The van der Waals surface area contributed by atoms with Crippen LogP contribution in [0.1, 0.15) is 114 Å². The predicted octanol–water partition coefficient (Wildman–Crippen LogP) is 12.4. The van der Waals surface area contributed by atoms with Crippen molar-refractivity contribution >= 4 is 33.9 Å². The number of benzene rings is 8. The minimum absolute atomic E-state index is 0. The van der Waals surface area contributed by atoms with E-state index in [-0.39, 0.29) is 50.9 Å². The van der Waals surface area contributed by atoms with Gasteiger partial charge < -0.3 is 41.7 Å². The zero-order chi connectivity index (χ0) is 69.2. The van der Waals surface area contributed by atoms with Crippen molar-refractivity contribution in [1.82, 2.24) is 44.9 Å². The summed E-state index contributed by atoms with van der Waals surface area (Å²) in [5.41, 5.74) is 6.82. The van der Waals surface area contributed by atoms with Crippen LogP contribution in [0, 0.1) is 6.92 Å². The van der Waals surface area contributed by atoms with Gasteiger partial charge in [-0.05, 0) is 99.1 Å². The van der Waals surface area contributed by atoms with Gasteiger partial charge in [0.15, 0.2) is 5.78 Å². The molecule has 6 heterocycles. The van der Waals surface area contributed by atoms with Crippen LogP contribution in [0.2, 0.25) is 0 Å². The van der Waals surface area contributed by atoms with Crippen molar-refractivity contribution in [1.29, 1.82) is 0 Å². The second-order valence-electron chi connectivity index (χ2n) is 24.7. The van der Waals surface area contributed by atoms with Crippen LogP contribution in [0.15, 0.2) is 284 Å². The number of amides is 2. The number of aromatic amines is 1. The standard InChI is InChI=1S/C35H33N3O3.C22H17BrN2.C13H15NO3.C8H13N3O.C4H9.Li/c39-33(41-26-28-14-5-1-6-15-28)37-23-13-22-34(40,27-37)32-24-36-38(25-32)35(29-16-7-2-8-17-29,30-18-9-3-10-19-30)31-20-11-4-12-21-31;23-21-16-24-25(17-21)22(18-10-4-1-5-11-18,19-12-6-2-7-13-19)20-14-8-3-9-15-20;15-12-7-4-8-14(9-12)13(16)17-10-11-5-2-1-3-6-11;12-8(2-1-3-9-6-8)7-4-10-11-5-7;1-3-4-2;/h1-12,14-21,24-25,40H,13,22-23,26-27H2;1-17H;1-3,5-6H,4,7-10H2;4-5,9,12H,1-3,6H2,(H,10,11);1,3-4H2,2H3;/q;;;;-1;+1. The number of nitrogens with one attached hydrogen (secondary N) is 2. The fourth-order valence-electron chi connectivity index (χ4n) is 12.8. The molecule has 3 saturated heterocycles. The molecule has 3 fully saturated rings. The molecule has 0 radical (unpaired) electrons. The molecule has 100 heavy (non-hydrogen) atoms. The number of carbonyl (C=O) groups excluding carboxylic acids is 3. The van der Waals surface area contributed by atoms with Crippen molar-refractivity contribution in [3.8, 4) is 0 Å². The first-order chi connectivity index (χ1) is 48.4. The van der Waals surface area contributed by atoms with Crippen LogP contribution in [0.4, 0.5) is 9.59 Å². The fourth-order valence-corrected chi connectivity index (χ4v) is 13.1. The first-order valence-electron chi connectivity index (χ1n) is 33.9. The van der Waals surface area contributed by atoms with Crippen molar-refractivity contribution < 1.29 is 52.9 Å². The van der Waals surface area contributed by atoms with E-state index in [0.29, 0.717) is 44.5 Å². The second kappa shape index (κ2) is 37.1. The van der Waals surface area contributed by atoms with Crippen LogP contribution < -0.4 is 24.2 Å². The van der Waals surface area contributed by atoms with Crippen molar-refractivity contribution in [3.63, 3.8) is 0 Å². The van der Waals surface area contributed by atoms with E-state index in [2.05, 4.69) is 160 Å². The summed E-state index contributed by atoms with van der Waals surface area (Å²) in [6.45, 7) is 9.28. The van der Waals surface area contributed by atoms with Gasteiger partial charge in [0, 0.05) is 55.8 Å². The molecule has 3 aliphatic rings. The maximum atomic E-state index is 13.0. The molecule has 14 rings (SSSR count). The summed E-state index contributed by atoms with van der Waals surface area (Å²) in [6.07, 6.45) is 16.8. The molecule has 16 nitrogen and oxygen atoms in total. The van der Waals surface area contributed by atoms with Gasteiger partial charge in [-0.3, -0.25) is 19.3 Å². The molecular formula is C82H87BrLiN9O7. The SMILES string of the molecule is Brc1cnn(C(c2ccccc2)(c2ccccc2)c2ccccc2)c1.O=C(OCc1ccccc1)N1CCCC(O)(c2cnn(C(c3ccccc3)(c3ccccc3)c3ccccc3)c2)C1.O=C1CCCN(C(=O)OCc2ccccc2)C1.OC1(c2cn[nH]c2)CCCNC1.[CH2-]CCC.[Li+]. The van der Waals surface area contributed by atoms with Crippen LogP contribution in [0.3, 0.4) is 0 Å². The number of β-amino-alcohol motifs (C(OH)–C–C–N with tert-alkyl or cyclic N) is 2. The first-order valence-corrected chi connectivity index (χ1v) is 34.6. The fraction of sp³-hybridized carbons (Fsp3) is 0.256. The molecule has 2 atom stereocenters. The third-order valence-electron chi connectivity index (χ3n) is 17.9. The molecule has 4 N–H and O–H groups in total. The first kappa shape index (κ1) is 74.8. The molecule has 0 bridgehead atoms. The number of aromatic nitrogens is 6. The van der Waals surface area contributed by atoms with E-state index in [1.54, 1.807) is 23.5 Å². The van der Waals surface area contributed by atoms with Crippen molar-refractivity contribution in [2.75, 3.05) is 39.3 Å².